The number of carbonyl (C=O) groups excluding carboxylic acids is 1. The highest BCUT2D eigenvalue weighted by molar-refractivity contribution is 5.89. The molecule has 0 heterocycles. The third-order valence-corrected chi connectivity index (χ3v) is 4.16. The smallest absolute Gasteiger partial charge is 0.330 e. The summed E-state index contributed by atoms with van der Waals surface area (Å²) in [7, 11) is 0. The Hall–Kier alpha value is -1.14. The Labute approximate surface area is 119 Å². The molecule has 2 unspecified atom stereocenters. The molecule has 116 valence electrons. The van der Waals surface area contributed by atoms with Gasteiger partial charge in [-0.15, -0.1) is 0 Å². The van der Waals surface area contributed by atoms with Gasteiger partial charge in [-0.25, -0.2) is 4.79 Å². The van der Waals surface area contributed by atoms with Gasteiger partial charge in [-0.1, -0.05) is 13.8 Å². The molecule has 6 heteroatoms. The number of amides is 1. The molecular formula is C14H25NO5. The number of carboxylic acid groups (broad SMARTS) is 1. The summed E-state index contributed by atoms with van der Waals surface area (Å²) < 4.78 is 10.6. The number of rotatable bonds is 8. The number of hydrogen-bond acceptors (Lipinski definition) is 4. The fraction of sp³-hybridized carbons (Fsp3) is 0.857. The zero-order valence-electron chi connectivity index (χ0n) is 12.7. The van der Waals surface area contributed by atoms with Gasteiger partial charge in [0.1, 0.15) is 5.54 Å². The zero-order chi connectivity index (χ0) is 15.4. The lowest BCUT2D eigenvalue weighted by Crippen LogP contribution is -2.76. The number of hydrogen-bond donors (Lipinski definition) is 2. The van der Waals surface area contributed by atoms with Crippen molar-refractivity contribution in [1.82, 2.24) is 5.32 Å². The third kappa shape index (κ3) is 2.96. The molecule has 0 aromatic rings. The van der Waals surface area contributed by atoms with Crippen molar-refractivity contribution in [2.24, 2.45) is 5.41 Å². The maximum atomic E-state index is 11.9. The molecule has 0 radical (unpaired) electrons. The molecule has 1 saturated carbocycles. The van der Waals surface area contributed by atoms with Crippen LogP contribution in [0.25, 0.3) is 0 Å². The maximum Gasteiger partial charge on any atom is 0.330 e. The first-order chi connectivity index (χ1) is 9.31. The van der Waals surface area contributed by atoms with Gasteiger partial charge >= 0.3 is 5.97 Å². The first-order valence-corrected chi connectivity index (χ1v) is 7.05. The monoisotopic (exact) mass is 287 g/mol. The average molecular weight is 287 g/mol. The van der Waals surface area contributed by atoms with Crippen molar-refractivity contribution in [3.8, 4) is 0 Å². The Kier molecular flexibility index (Phi) is 5.53. The Morgan fingerprint density at radius 2 is 1.95 bits per heavy atom. The number of carbonyl (C=O) groups is 2. The summed E-state index contributed by atoms with van der Waals surface area (Å²) in [5, 5.41) is 12.2. The van der Waals surface area contributed by atoms with Crippen molar-refractivity contribution in [3.63, 3.8) is 0 Å². The van der Waals surface area contributed by atoms with Crippen LogP contribution in [-0.2, 0) is 19.1 Å². The van der Waals surface area contributed by atoms with Crippen LogP contribution >= 0.6 is 0 Å². The van der Waals surface area contributed by atoms with Gasteiger partial charge in [0, 0.05) is 31.5 Å². The third-order valence-electron chi connectivity index (χ3n) is 4.16. The maximum absolute atomic E-state index is 11.9. The lowest BCUT2D eigenvalue weighted by molar-refractivity contribution is -0.194. The van der Waals surface area contributed by atoms with Crippen molar-refractivity contribution in [1.29, 1.82) is 0 Å². The van der Waals surface area contributed by atoms with Crippen LogP contribution in [-0.4, -0.2) is 48.4 Å². The summed E-state index contributed by atoms with van der Waals surface area (Å²) in [6, 6.07) is 0. The fourth-order valence-corrected chi connectivity index (χ4v) is 2.65. The second-order valence-corrected chi connectivity index (χ2v) is 5.58. The molecule has 1 fully saturated rings. The Balaban J connectivity index is 2.71. The van der Waals surface area contributed by atoms with Crippen LogP contribution in [0.5, 0.6) is 0 Å². The van der Waals surface area contributed by atoms with Gasteiger partial charge in [-0.3, -0.25) is 4.79 Å². The minimum absolute atomic E-state index is 0.157. The van der Waals surface area contributed by atoms with Crippen LogP contribution in [0.4, 0.5) is 0 Å². The van der Waals surface area contributed by atoms with Crippen molar-refractivity contribution in [3.05, 3.63) is 0 Å². The molecule has 0 bridgehead atoms. The van der Waals surface area contributed by atoms with E-state index in [4.69, 9.17) is 9.47 Å². The van der Waals surface area contributed by atoms with Crippen molar-refractivity contribution < 1.29 is 24.2 Å². The van der Waals surface area contributed by atoms with Crippen LogP contribution in [0, 0.1) is 5.41 Å². The molecule has 2 N–H and O–H groups in total. The summed E-state index contributed by atoms with van der Waals surface area (Å²) in [6.07, 6.45) is 0.303. The van der Waals surface area contributed by atoms with E-state index in [9.17, 15) is 14.7 Å². The molecule has 1 aliphatic carbocycles. The molecule has 1 amide bonds. The van der Waals surface area contributed by atoms with Crippen LogP contribution < -0.4 is 5.32 Å². The van der Waals surface area contributed by atoms with E-state index < -0.39 is 16.9 Å². The van der Waals surface area contributed by atoms with Crippen molar-refractivity contribution >= 4 is 11.9 Å². The topological polar surface area (TPSA) is 84.9 Å². The average Bonchev–Trinajstić information content (AvgIpc) is 2.37. The summed E-state index contributed by atoms with van der Waals surface area (Å²) in [6.45, 7) is 8.71. The second kappa shape index (κ2) is 6.54. The first kappa shape index (κ1) is 16.9. The quantitative estimate of drug-likeness (QED) is 0.655. The van der Waals surface area contributed by atoms with Gasteiger partial charge in [-0.2, -0.15) is 0 Å². The zero-order valence-corrected chi connectivity index (χ0v) is 12.7. The number of nitrogens with one attached hydrogen (secondary N) is 1. The van der Waals surface area contributed by atoms with E-state index in [1.54, 1.807) is 0 Å². The summed E-state index contributed by atoms with van der Waals surface area (Å²) >= 11 is 0. The van der Waals surface area contributed by atoms with Gasteiger partial charge in [0.25, 0.3) is 0 Å². The van der Waals surface area contributed by atoms with Crippen LogP contribution in [0.3, 0.4) is 0 Å². The van der Waals surface area contributed by atoms with Gasteiger partial charge < -0.3 is 19.9 Å². The molecule has 0 aliphatic heterocycles. The highest BCUT2D eigenvalue weighted by atomic mass is 16.5. The predicted octanol–water partition coefficient (Wildman–Crippen LogP) is 1.19. The Bertz CT molecular complexity index is 369. The lowest BCUT2D eigenvalue weighted by atomic mass is 9.54. The molecule has 0 saturated heterocycles. The highest BCUT2D eigenvalue weighted by Crippen LogP contribution is 2.51. The molecule has 2 atom stereocenters. The molecular weight excluding hydrogens is 262 g/mol. The molecule has 1 rings (SSSR count). The first-order valence-electron chi connectivity index (χ1n) is 7.05. The van der Waals surface area contributed by atoms with E-state index in [0.717, 1.165) is 0 Å². The van der Waals surface area contributed by atoms with Crippen molar-refractivity contribution in [2.45, 2.75) is 52.2 Å². The van der Waals surface area contributed by atoms with Crippen LogP contribution in [0.15, 0.2) is 0 Å². The van der Waals surface area contributed by atoms with Gasteiger partial charge in [-0.05, 0) is 13.8 Å². The van der Waals surface area contributed by atoms with Crippen LogP contribution in [0.2, 0.25) is 0 Å². The second-order valence-electron chi connectivity index (χ2n) is 5.58. The molecule has 1 aliphatic rings. The van der Waals surface area contributed by atoms with E-state index in [1.807, 2.05) is 27.7 Å². The summed E-state index contributed by atoms with van der Waals surface area (Å²) in [5.74, 6) is -1.31. The number of aliphatic carboxylic acids is 1. The Morgan fingerprint density at radius 1 is 1.30 bits per heavy atom. The van der Waals surface area contributed by atoms with E-state index in [2.05, 4.69) is 5.32 Å². The SMILES string of the molecule is CCOCCC(=O)NC1(C(=O)O)CC(OCC)C1(C)C. The van der Waals surface area contributed by atoms with Gasteiger partial charge in [0.05, 0.1) is 12.7 Å². The van der Waals surface area contributed by atoms with Crippen LogP contribution in [0.1, 0.15) is 40.5 Å². The van der Waals surface area contributed by atoms with E-state index in [0.29, 0.717) is 26.2 Å². The number of carboxylic acids is 1. The Morgan fingerprint density at radius 3 is 2.40 bits per heavy atom. The summed E-state index contributed by atoms with van der Waals surface area (Å²) in [4.78, 5) is 23.5. The highest BCUT2D eigenvalue weighted by Gasteiger charge is 2.66. The standard InChI is InChI=1S/C14H25NO5/c1-5-19-8-7-11(16)15-14(12(17)18)9-10(20-6-2)13(14,3)4/h10H,5-9H2,1-4H3,(H,15,16)(H,17,18). The lowest BCUT2D eigenvalue weighted by Gasteiger charge is -2.58. The molecule has 0 aromatic heterocycles. The van der Waals surface area contributed by atoms with E-state index in [1.165, 1.54) is 0 Å². The fourth-order valence-electron chi connectivity index (χ4n) is 2.65. The molecule has 6 nitrogen and oxygen atoms in total. The predicted molar refractivity (Wildman–Crippen MR) is 73.4 cm³/mol. The van der Waals surface area contributed by atoms with E-state index >= 15 is 0 Å². The van der Waals surface area contributed by atoms with Gasteiger partial charge in [0.2, 0.25) is 5.91 Å². The van der Waals surface area contributed by atoms with E-state index in [-0.39, 0.29) is 18.4 Å². The van der Waals surface area contributed by atoms with Crippen molar-refractivity contribution in [2.75, 3.05) is 19.8 Å². The largest absolute Gasteiger partial charge is 0.479 e. The minimum Gasteiger partial charge on any atom is -0.479 e. The molecule has 20 heavy (non-hydrogen) atoms. The minimum atomic E-state index is -1.25. The molecule has 0 spiro atoms. The number of ether oxygens (including phenoxy) is 2. The normalized spacial score (nSPS) is 27.7. The molecule has 0 aromatic carbocycles. The summed E-state index contributed by atoms with van der Waals surface area (Å²) in [5.41, 5.74) is -1.90. The van der Waals surface area contributed by atoms with Gasteiger partial charge in [0.15, 0.2) is 0 Å².